The van der Waals surface area contributed by atoms with E-state index in [2.05, 4.69) is 19.9 Å². The van der Waals surface area contributed by atoms with Gasteiger partial charge in [-0.2, -0.15) is 0 Å². The van der Waals surface area contributed by atoms with E-state index in [0.717, 1.165) is 19.3 Å². The van der Waals surface area contributed by atoms with Gasteiger partial charge in [-0.1, -0.05) is 51.7 Å². The zero-order chi connectivity index (χ0) is 14.6. The summed E-state index contributed by atoms with van der Waals surface area (Å²) in [5.41, 5.74) is 0.642. The lowest BCUT2D eigenvalue weighted by Crippen LogP contribution is -1.97. The minimum atomic E-state index is -0.205. The van der Waals surface area contributed by atoms with E-state index in [0.29, 0.717) is 17.9 Å². The maximum atomic E-state index is 13.9. The first-order valence-corrected chi connectivity index (χ1v) is 7.86. The Morgan fingerprint density at radius 2 is 1.85 bits per heavy atom. The number of benzene rings is 1. The fourth-order valence-electron chi connectivity index (χ4n) is 1.97. The normalized spacial score (nSPS) is 11.2. The van der Waals surface area contributed by atoms with Crippen molar-refractivity contribution in [3.8, 4) is 5.75 Å². The van der Waals surface area contributed by atoms with Crippen molar-refractivity contribution in [2.45, 2.75) is 58.8 Å². The Balaban J connectivity index is 2.40. The van der Waals surface area contributed by atoms with E-state index in [9.17, 15) is 4.39 Å². The molecule has 112 valence electrons. The van der Waals surface area contributed by atoms with Crippen molar-refractivity contribution in [1.82, 2.24) is 0 Å². The molecule has 20 heavy (non-hydrogen) atoms. The minimum absolute atomic E-state index is 0.205. The van der Waals surface area contributed by atoms with E-state index in [1.165, 1.54) is 31.7 Å². The average molecular weight is 278 g/mol. The number of unbranched alkanes of at least 4 members (excludes halogenated alkanes) is 5. The minimum Gasteiger partial charge on any atom is -0.493 e. The Morgan fingerprint density at radius 1 is 1.05 bits per heavy atom. The molecule has 1 rings (SSSR count). The van der Waals surface area contributed by atoms with Gasteiger partial charge in [0.25, 0.3) is 0 Å². The molecule has 0 bridgehead atoms. The van der Waals surface area contributed by atoms with Crippen molar-refractivity contribution >= 4 is 6.08 Å². The van der Waals surface area contributed by atoms with E-state index in [1.54, 1.807) is 6.07 Å². The Hall–Kier alpha value is -1.31. The number of ether oxygens (including phenoxy) is 1. The first-order chi connectivity index (χ1) is 9.77. The predicted molar refractivity (Wildman–Crippen MR) is 84.6 cm³/mol. The van der Waals surface area contributed by atoms with Crippen molar-refractivity contribution in [3.05, 3.63) is 35.7 Å². The SMILES string of the molecule is CCCCCC/C=C/c1ccc(OCCCC)cc1F. The molecule has 1 nitrogen and oxygen atoms in total. The third kappa shape index (κ3) is 6.74. The summed E-state index contributed by atoms with van der Waals surface area (Å²) in [6.45, 7) is 4.97. The van der Waals surface area contributed by atoms with Crippen LogP contribution in [0.1, 0.15) is 64.4 Å². The second-order valence-electron chi connectivity index (χ2n) is 5.14. The van der Waals surface area contributed by atoms with Gasteiger partial charge in [-0.15, -0.1) is 0 Å². The summed E-state index contributed by atoms with van der Waals surface area (Å²) in [6.07, 6.45) is 12.0. The lowest BCUT2D eigenvalue weighted by molar-refractivity contribution is 0.308. The largest absolute Gasteiger partial charge is 0.493 e. The molecule has 0 aliphatic carbocycles. The van der Waals surface area contributed by atoms with E-state index < -0.39 is 0 Å². The molecule has 0 amide bonds. The quantitative estimate of drug-likeness (QED) is 0.478. The lowest BCUT2D eigenvalue weighted by atomic mass is 10.1. The summed E-state index contributed by atoms with van der Waals surface area (Å²) >= 11 is 0. The molecular formula is C18H27FO. The fourth-order valence-corrected chi connectivity index (χ4v) is 1.97. The molecule has 1 aromatic rings. The number of rotatable bonds is 10. The topological polar surface area (TPSA) is 9.23 Å². The summed E-state index contributed by atoms with van der Waals surface area (Å²) in [4.78, 5) is 0. The van der Waals surface area contributed by atoms with E-state index in [1.807, 2.05) is 12.1 Å². The smallest absolute Gasteiger partial charge is 0.134 e. The Kier molecular flexibility index (Phi) is 8.77. The molecular weight excluding hydrogens is 251 g/mol. The second-order valence-corrected chi connectivity index (χ2v) is 5.14. The molecule has 0 saturated heterocycles. The van der Waals surface area contributed by atoms with Gasteiger partial charge in [-0.25, -0.2) is 4.39 Å². The highest BCUT2D eigenvalue weighted by atomic mass is 19.1. The molecule has 0 spiro atoms. The van der Waals surface area contributed by atoms with Crippen LogP contribution in [0.3, 0.4) is 0 Å². The molecule has 0 saturated carbocycles. The summed E-state index contributed by atoms with van der Waals surface area (Å²) in [5.74, 6) is 0.417. The van der Waals surface area contributed by atoms with Crippen LogP contribution >= 0.6 is 0 Å². The summed E-state index contributed by atoms with van der Waals surface area (Å²) in [7, 11) is 0. The van der Waals surface area contributed by atoms with E-state index in [-0.39, 0.29) is 5.82 Å². The van der Waals surface area contributed by atoms with E-state index in [4.69, 9.17) is 4.74 Å². The van der Waals surface area contributed by atoms with Crippen molar-refractivity contribution in [2.24, 2.45) is 0 Å². The van der Waals surface area contributed by atoms with Gasteiger partial charge in [-0.3, -0.25) is 0 Å². The summed E-state index contributed by atoms with van der Waals surface area (Å²) in [6, 6.07) is 5.11. The van der Waals surface area contributed by atoms with Crippen LogP contribution in [0.5, 0.6) is 5.75 Å². The van der Waals surface area contributed by atoms with Crippen molar-refractivity contribution < 1.29 is 9.13 Å². The molecule has 0 N–H and O–H groups in total. The van der Waals surface area contributed by atoms with Crippen LogP contribution in [0.4, 0.5) is 4.39 Å². The van der Waals surface area contributed by atoms with Crippen LogP contribution in [0.25, 0.3) is 6.08 Å². The van der Waals surface area contributed by atoms with Gasteiger partial charge >= 0.3 is 0 Å². The third-order valence-corrected chi connectivity index (χ3v) is 3.26. The van der Waals surface area contributed by atoms with Gasteiger partial charge in [-0.05, 0) is 31.4 Å². The van der Waals surface area contributed by atoms with Crippen molar-refractivity contribution in [2.75, 3.05) is 6.61 Å². The highest BCUT2D eigenvalue weighted by Gasteiger charge is 2.01. The van der Waals surface area contributed by atoms with Crippen LogP contribution < -0.4 is 4.74 Å². The molecule has 0 heterocycles. The number of allylic oxidation sites excluding steroid dienone is 1. The molecule has 0 aromatic heterocycles. The Bertz CT molecular complexity index is 398. The average Bonchev–Trinajstić information content (AvgIpc) is 2.45. The van der Waals surface area contributed by atoms with Crippen LogP contribution in [0, 0.1) is 5.82 Å². The third-order valence-electron chi connectivity index (χ3n) is 3.26. The fraction of sp³-hybridized carbons (Fsp3) is 0.556. The standard InChI is InChI=1S/C18H27FO/c1-3-5-7-8-9-10-11-16-12-13-17(15-18(16)19)20-14-6-4-2/h10-13,15H,3-9,14H2,1-2H3/b11-10+. The molecule has 0 atom stereocenters. The molecule has 1 aromatic carbocycles. The maximum Gasteiger partial charge on any atom is 0.134 e. The lowest BCUT2D eigenvalue weighted by Gasteiger charge is -2.06. The molecule has 0 aliphatic heterocycles. The first-order valence-electron chi connectivity index (χ1n) is 7.86. The Labute approximate surface area is 122 Å². The summed E-state index contributed by atoms with van der Waals surface area (Å²) < 4.78 is 19.3. The van der Waals surface area contributed by atoms with Crippen molar-refractivity contribution in [1.29, 1.82) is 0 Å². The molecule has 0 radical (unpaired) electrons. The maximum absolute atomic E-state index is 13.9. The molecule has 0 aliphatic rings. The van der Waals surface area contributed by atoms with Crippen LogP contribution in [0.15, 0.2) is 24.3 Å². The van der Waals surface area contributed by atoms with Gasteiger partial charge in [0.05, 0.1) is 6.61 Å². The number of hydrogen-bond acceptors (Lipinski definition) is 1. The zero-order valence-corrected chi connectivity index (χ0v) is 12.8. The first kappa shape index (κ1) is 16.7. The molecule has 0 unspecified atom stereocenters. The Morgan fingerprint density at radius 3 is 2.55 bits per heavy atom. The summed E-state index contributed by atoms with van der Waals surface area (Å²) in [5, 5.41) is 0. The van der Waals surface area contributed by atoms with Crippen LogP contribution in [-0.4, -0.2) is 6.61 Å². The second kappa shape index (κ2) is 10.5. The van der Waals surface area contributed by atoms with Gasteiger partial charge in [0, 0.05) is 11.6 Å². The highest BCUT2D eigenvalue weighted by molar-refractivity contribution is 5.51. The predicted octanol–water partition coefficient (Wildman–Crippen LogP) is 5.99. The molecule has 0 fully saturated rings. The van der Waals surface area contributed by atoms with Gasteiger partial charge in [0.15, 0.2) is 0 Å². The van der Waals surface area contributed by atoms with Crippen molar-refractivity contribution in [3.63, 3.8) is 0 Å². The van der Waals surface area contributed by atoms with Gasteiger partial charge < -0.3 is 4.74 Å². The molecule has 2 heteroatoms. The highest BCUT2D eigenvalue weighted by Crippen LogP contribution is 2.18. The number of halogens is 1. The van der Waals surface area contributed by atoms with Gasteiger partial charge in [0.2, 0.25) is 0 Å². The zero-order valence-electron chi connectivity index (χ0n) is 12.8. The van der Waals surface area contributed by atoms with Crippen LogP contribution in [0.2, 0.25) is 0 Å². The van der Waals surface area contributed by atoms with Gasteiger partial charge in [0.1, 0.15) is 11.6 Å². The monoisotopic (exact) mass is 278 g/mol. The van der Waals surface area contributed by atoms with Crippen LogP contribution in [-0.2, 0) is 0 Å². The number of hydrogen-bond donors (Lipinski definition) is 0. The van der Waals surface area contributed by atoms with E-state index >= 15 is 0 Å².